The lowest BCUT2D eigenvalue weighted by atomic mass is 10.1. The molecule has 20 heavy (non-hydrogen) atoms. The monoisotopic (exact) mass is 319 g/mol. The first-order chi connectivity index (χ1) is 9.15. The smallest absolute Gasteiger partial charge is 0.421 e. The Morgan fingerprint density at radius 3 is 2.40 bits per heavy atom. The Labute approximate surface area is 114 Å². The Morgan fingerprint density at radius 1 is 1.40 bits per heavy atom. The van der Waals surface area contributed by atoms with Gasteiger partial charge in [-0.25, -0.2) is 9.52 Å². The number of piperidine rings is 1. The third-order valence-electron chi connectivity index (χ3n) is 2.76. The van der Waals surface area contributed by atoms with Crippen molar-refractivity contribution in [3.05, 3.63) is 0 Å². The third kappa shape index (κ3) is 5.13. The van der Waals surface area contributed by atoms with Crippen molar-refractivity contribution in [2.24, 2.45) is 0 Å². The Balaban J connectivity index is 2.93. The number of carbonyl (C=O) groups excluding carboxylic acids is 1. The number of carbonyl (C=O) groups is 1. The van der Waals surface area contributed by atoms with Gasteiger partial charge in [0.1, 0.15) is 6.54 Å². The van der Waals surface area contributed by atoms with Crippen LogP contribution in [0.25, 0.3) is 0 Å². The first-order valence-corrected chi connectivity index (χ1v) is 7.25. The van der Waals surface area contributed by atoms with Crippen LogP contribution >= 0.6 is 0 Å². The number of hydrogen-bond donors (Lipinski definition) is 2. The molecule has 0 spiro atoms. The summed E-state index contributed by atoms with van der Waals surface area (Å²) in [6, 6.07) is -0.819. The normalized spacial score (nSPS) is 18.1. The number of rotatable bonds is 4. The summed E-state index contributed by atoms with van der Waals surface area (Å²) in [6.07, 6.45) is -5.56. The number of halogens is 3. The van der Waals surface area contributed by atoms with Gasteiger partial charge in [-0.3, -0.25) is 0 Å². The van der Waals surface area contributed by atoms with Crippen LogP contribution in [0.5, 0.6) is 0 Å². The Bertz CT molecular complexity index is 434. The zero-order valence-electron chi connectivity index (χ0n) is 10.7. The highest BCUT2D eigenvalue weighted by Gasteiger charge is 2.41. The fraction of sp³-hybridized carbons (Fsp3) is 0.889. The molecular weight excluding hydrogens is 303 g/mol. The van der Waals surface area contributed by atoms with Gasteiger partial charge in [-0.05, 0) is 25.9 Å². The van der Waals surface area contributed by atoms with Crippen molar-refractivity contribution in [3.63, 3.8) is 0 Å². The summed E-state index contributed by atoms with van der Waals surface area (Å²) in [7, 11) is -3.69. The molecule has 11 heteroatoms. The first-order valence-electron chi connectivity index (χ1n) is 5.81. The van der Waals surface area contributed by atoms with Crippen molar-refractivity contribution in [1.82, 2.24) is 14.3 Å². The summed E-state index contributed by atoms with van der Waals surface area (Å²) < 4.78 is 67.2. The fourth-order valence-electron chi connectivity index (χ4n) is 1.89. The van der Waals surface area contributed by atoms with E-state index in [0.29, 0.717) is 13.1 Å². The summed E-state index contributed by atoms with van der Waals surface area (Å²) in [5.41, 5.74) is 0. The molecule has 1 aliphatic heterocycles. The molecular formula is C9H16F3N3O4S. The molecule has 7 nitrogen and oxygen atoms in total. The van der Waals surface area contributed by atoms with Gasteiger partial charge in [-0.1, -0.05) is 0 Å². The lowest BCUT2D eigenvalue weighted by molar-refractivity contribution is -0.140. The van der Waals surface area contributed by atoms with Gasteiger partial charge in [-0.2, -0.15) is 25.9 Å². The molecule has 0 aromatic heterocycles. The number of hydrogen-bond acceptors (Lipinski definition) is 5. The van der Waals surface area contributed by atoms with Gasteiger partial charge in [0, 0.05) is 6.04 Å². The molecule has 0 aliphatic carbocycles. The molecule has 0 bridgehead atoms. The molecule has 1 amide bonds. The van der Waals surface area contributed by atoms with E-state index < -0.39 is 35.1 Å². The van der Waals surface area contributed by atoms with Crippen molar-refractivity contribution in [1.29, 1.82) is 0 Å². The molecule has 1 saturated heterocycles. The van der Waals surface area contributed by atoms with Crippen LogP contribution in [0.15, 0.2) is 0 Å². The number of nitrogens with one attached hydrogen (secondary N) is 2. The standard InChI is InChI=1S/C9H16F3N3O4S/c1-19-8(16)14-20(17,18)15(6-9(10,11)12)7-2-4-13-5-3-7/h7,13H,2-6H2,1H3,(H,14,16). The van der Waals surface area contributed by atoms with Gasteiger partial charge in [0.05, 0.1) is 7.11 Å². The molecule has 0 saturated carbocycles. The number of alkyl halides is 3. The zero-order valence-corrected chi connectivity index (χ0v) is 11.6. The number of amides is 1. The molecule has 0 aromatic rings. The Morgan fingerprint density at radius 2 is 1.95 bits per heavy atom. The third-order valence-corrected chi connectivity index (χ3v) is 4.23. The Hall–Kier alpha value is -1.07. The van der Waals surface area contributed by atoms with Crippen LogP contribution < -0.4 is 10.0 Å². The number of ether oxygens (including phenoxy) is 1. The van der Waals surface area contributed by atoms with E-state index in [0.717, 1.165) is 7.11 Å². The lowest BCUT2D eigenvalue weighted by Crippen LogP contribution is -2.54. The van der Waals surface area contributed by atoms with Crippen LogP contribution in [0.4, 0.5) is 18.0 Å². The van der Waals surface area contributed by atoms with Gasteiger partial charge in [0.15, 0.2) is 0 Å². The van der Waals surface area contributed by atoms with Gasteiger partial charge in [0.2, 0.25) is 0 Å². The van der Waals surface area contributed by atoms with E-state index in [9.17, 15) is 26.4 Å². The first kappa shape index (κ1) is 17.0. The van der Waals surface area contributed by atoms with Gasteiger partial charge in [0.25, 0.3) is 0 Å². The minimum absolute atomic E-state index is 0.234. The minimum Gasteiger partial charge on any atom is -0.452 e. The van der Waals surface area contributed by atoms with E-state index in [4.69, 9.17) is 0 Å². The molecule has 118 valence electrons. The summed E-state index contributed by atoms with van der Waals surface area (Å²) in [4.78, 5) is 10.9. The van der Waals surface area contributed by atoms with E-state index in [2.05, 4.69) is 10.1 Å². The van der Waals surface area contributed by atoms with E-state index in [1.807, 2.05) is 0 Å². The maximum absolute atomic E-state index is 12.5. The second kappa shape index (κ2) is 6.59. The van der Waals surface area contributed by atoms with Crippen molar-refractivity contribution in [2.75, 3.05) is 26.7 Å². The molecule has 1 rings (SSSR count). The van der Waals surface area contributed by atoms with Crippen LogP contribution in [-0.4, -0.2) is 57.8 Å². The molecule has 1 fully saturated rings. The highest BCUT2D eigenvalue weighted by atomic mass is 32.2. The summed E-state index contributed by atoms with van der Waals surface area (Å²) in [5.74, 6) is 0. The summed E-state index contributed by atoms with van der Waals surface area (Å²) in [6.45, 7) is -0.830. The molecule has 2 N–H and O–H groups in total. The van der Waals surface area contributed by atoms with Gasteiger partial charge in [-0.15, -0.1) is 0 Å². The quantitative estimate of drug-likeness (QED) is 0.773. The maximum Gasteiger partial charge on any atom is 0.421 e. The van der Waals surface area contributed by atoms with Crippen molar-refractivity contribution in [3.8, 4) is 0 Å². The van der Waals surface area contributed by atoms with Crippen molar-refractivity contribution in [2.45, 2.75) is 25.1 Å². The topological polar surface area (TPSA) is 87.7 Å². The zero-order chi connectivity index (χ0) is 15.4. The fourth-order valence-corrected chi connectivity index (χ4v) is 3.22. The van der Waals surface area contributed by atoms with Crippen molar-refractivity contribution < 1.29 is 31.1 Å². The summed E-state index contributed by atoms with van der Waals surface area (Å²) >= 11 is 0. The molecule has 0 aromatic carbocycles. The average Bonchev–Trinajstić information content (AvgIpc) is 2.35. The minimum atomic E-state index is -4.70. The molecule has 0 radical (unpaired) electrons. The van der Waals surface area contributed by atoms with Crippen LogP contribution in [-0.2, 0) is 14.9 Å². The SMILES string of the molecule is COC(=O)NS(=O)(=O)N(CC(F)(F)F)C1CCNCC1. The number of nitrogens with zero attached hydrogens (tertiary/aromatic N) is 1. The largest absolute Gasteiger partial charge is 0.452 e. The molecule has 0 unspecified atom stereocenters. The van der Waals surface area contributed by atoms with Crippen LogP contribution in [0.1, 0.15) is 12.8 Å². The number of methoxy groups -OCH3 is 1. The van der Waals surface area contributed by atoms with Gasteiger partial charge < -0.3 is 10.1 Å². The second-order valence-electron chi connectivity index (χ2n) is 4.24. The average molecular weight is 319 g/mol. The van der Waals surface area contributed by atoms with Gasteiger partial charge >= 0.3 is 22.5 Å². The summed E-state index contributed by atoms with van der Waals surface area (Å²) in [5, 5.41) is 2.92. The van der Waals surface area contributed by atoms with Crippen LogP contribution in [0.3, 0.4) is 0 Å². The van der Waals surface area contributed by atoms with E-state index in [-0.39, 0.29) is 17.1 Å². The highest BCUT2D eigenvalue weighted by Crippen LogP contribution is 2.23. The molecule has 1 heterocycles. The van der Waals surface area contributed by atoms with Crippen LogP contribution in [0.2, 0.25) is 0 Å². The maximum atomic E-state index is 12.5. The molecule has 1 aliphatic rings. The van der Waals surface area contributed by atoms with Crippen LogP contribution in [0, 0.1) is 0 Å². The second-order valence-corrected chi connectivity index (χ2v) is 5.86. The highest BCUT2D eigenvalue weighted by molar-refractivity contribution is 7.87. The Kier molecular flexibility index (Phi) is 5.59. The predicted molar refractivity (Wildman–Crippen MR) is 63.1 cm³/mol. The van der Waals surface area contributed by atoms with E-state index in [1.165, 1.54) is 4.72 Å². The van der Waals surface area contributed by atoms with Crippen molar-refractivity contribution >= 4 is 16.3 Å². The van der Waals surface area contributed by atoms with E-state index in [1.54, 1.807) is 0 Å². The van der Waals surface area contributed by atoms with E-state index >= 15 is 0 Å². The lowest BCUT2D eigenvalue weighted by Gasteiger charge is -2.33. The molecule has 0 atom stereocenters. The predicted octanol–water partition coefficient (Wildman–Crippen LogP) is 0.204.